The topological polar surface area (TPSA) is 63.2 Å². The number of benzene rings is 1. The molecule has 1 aliphatic rings. The third kappa shape index (κ3) is 4.33. The maximum Gasteiger partial charge on any atom is 0.274 e. The van der Waals surface area contributed by atoms with E-state index in [4.69, 9.17) is 4.74 Å². The summed E-state index contributed by atoms with van der Waals surface area (Å²) >= 11 is 3.47. The summed E-state index contributed by atoms with van der Waals surface area (Å²) < 4.78 is 6.55. The van der Waals surface area contributed by atoms with Crippen molar-refractivity contribution in [3.05, 3.63) is 52.3 Å². The highest BCUT2D eigenvalue weighted by Gasteiger charge is 2.15. The molecule has 0 radical (unpaired) electrons. The zero-order valence-corrected chi connectivity index (χ0v) is 15.1. The van der Waals surface area contributed by atoms with Crippen LogP contribution in [0.15, 0.2) is 41.0 Å². The van der Waals surface area contributed by atoms with Gasteiger partial charge in [0.1, 0.15) is 5.69 Å². The number of rotatable bonds is 5. The Morgan fingerprint density at radius 3 is 2.96 bits per heavy atom. The molecule has 24 heavy (non-hydrogen) atoms. The number of ether oxygens (including phenoxy) is 1. The van der Waals surface area contributed by atoms with Crippen molar-refractivity contribution in [1.82, 2.24) is 4.98 Å². The van der Waals surface area contributed by atoms with Crippen LogP contribution in [0.4, 0.5) is 11.4 Å². The Labute approximate surface area is 149 Å². The molecule has 2 N–H and O–H groups in total. The van der Waals surface area contributed by atoms with Crippen LogP contribution in [0.3, 0.4) is 0 Å². The van der Waals surface area contributed by atoms with Gasteiger partial charge in [0.25, 0.3) is 5.91 Å². The van der Waals surface area contributed by atoms with Gasteiger partial charge in [-0.1, -0.05) is 22.0 Å². The maximum absolute atomic E-state index is 12.4. The van der Waals surface area contributed by atoms with Crippen LogP contribution in [0.1, 0.15) is 28.9 Å². The predicted molar refractivity (Wildman–Crippen MR) is 98.5 cm³/mol. The van der Waals surface area contributed by atoms with E-state index in [1.165, 1.54) is 0 Å². The molecular formula is C18H20BrN3O2. The number of hydrogen-bond acceptors (Lipinski definition) is 4. The summed E-state index contributed by atoms with van der Waals surface area (Å²) in [6, 6.07) is 9.32. The smallest absolute Gasteiger partial charge is 0.274 e. The SMILES string of the molecule is Cc1ccc(NC(=O)c2cc(NCC3CCCO3)ccn2)cc1Br. The summed E-state index contributed by atoms with van der Waals surface area (Å²) in [6.07, 6.45) is 4.08. The third-order valence-electron chi connectivity index (χ3n) is 3.98. The van der Waals surface area contributed by atoms with Crippen LogP contribution < -0.4 is 10.6 Å². The molecule has 5 nitrogen and oxygen atoms in total. The number of pyridine rings is 1. The van der Waals surface area contributed by atoms with Crippen LogP contribution in [0.25, 0.3) is 0 Å². The maximum atomic E-state index is 12.4. The Morgan fingerprint density at radius 1 is 1.33 bits per heavy atom. The first kappa shape index (κ1) is 16.9. The van der Waals surface area contributed by atoms with Gasteiger partial charge in [0, 0.05) is 35.2 Å². The summed E-state index contributed by atoms with van der Waals surface area (Å²) in [5.74, 6) is -0.230. The Hall–Kier alpha value is -1.92. The van der Waals surface area contributed by atoms with Crippen molar-refractivity contribution >= 4 is 33.2 Å². The fourth-order valence-corrected chi connectivity index (χ4v) is 2.95. The minimum atomic E-state index is -0.230. The van der Waals surface area contributed by atoms with Crippen LogP contribution in [-0.4, -0.2) is 30.1 Å². The molecule has 1 aromatic heterocycles. The first-order chi connectivity index (χ1) is 11.6. The molecule has 1 aliphatic heterocycles. The molecule has 0 bridgehead atoms. The number of carbonyl (C=O) groups excluding carboxylic acids is 1. The largest absolute Gasteiger partial charge is 0.382 e. The highest BCUT2D eigenvalue weighted by atomic mass is 79.9. The van der Waals surface area contributed by atoms with E-state index < -0.39 is 0 Å². The average Bonchev–Trinajstić information content (AvgIpc) is 3.10. The number of amides is 1. The highest BCUT2D eigenvalue weighted by Crippen LogP contribution is 2.21. The molecule has 2 aromatic rings. The molecular weight excluding hydrogens is 370 g/mol. The lowest BCUT2D eigenvalue weighted by molar-refractivity contribution is 0.102. The van der Waals surface area contributed by atoms with Gasteiger partial charge in [0.05, 0.1) is 6.10 Å². The number of anilines is 2. The monoisotopic (exact) mass is 389 g/mol. The van der Waals surface area contributed by atoms with Crippen LogP contribution in [0.2, 0.25) is 0 Å². The van der Waals surface area contributed by atoms with Crippen LogP contribution in [0, 0.1) is 6.92 Å². The van der Waals surface area contributed by atoms with Gasteiger partial charge in [-0.2, -0.15) is 0 Å². The summed E-state index contributed by atoms with van der Waals surface area (Å²) in [7, 11) is 0. The van der Waals surface area contributed by atoms with E-state index in [2.05, 4.69) is 31.5 Å². The predicted octanol–water partition coefficient (Wildman–Crippen LogP) is 4.00. The fraction of sp³-hybridized carbons (Fsp3) is 0.333. The van der Waals surface area contributed by atoms with Gasteiger partial charge in [-0.05, 0) is 49.6 Å². The second kappa shape index (κ2) is 7.77. The number of aryl methyl sites for hydroxylation is 1. The molecule has 1 unspecified atom stereocenters. The van der Waals surface area contributed by atoms with Crippen molar-refractivity contribution in [1.29, 1.82) is 0 Å². The zero-order chi connectivity index (χ0) is 16.9. The second-order valence-electron chi connectivity index (χ2n) is 5.86. The summed E-state index contributed by atoms with van der Waals surface area (Å²) in [5, 5.41) is 6.18. The number of aromatic nitrogens is 1. The summed E-state index contributed by atoms with van der Waals surface area (Å²) in [6.45, 7) is 3.58. The van der Waals surface area contributed by atoms with Gasteiger partial charge in [-0.15, -0.1) is 0 Å². The molecule has 2 heterocycles. The number of nitrogens with zero attached hydrogens (tertiary/aromatic N) is 1. The van der Waals surface area contributed by atoms with Gasteiger partial charge in [0.2, 0.25) is 0 Å². The Balaban J connectivity index is 1.63. The molecule has 0 aliphatic carbocycles. The van der Waals surface area contributed by atoms with Crippen molar-refractivity contribution in [3.63, 3.8) is 0 Å². The van der Waals surface area contributed by atoms with Crippen molar-refractivity contribution in [3.8, 4) is 0 Å². The summed E-state index contributed by atoms with van der Waals surface area (Å²) in [4.78, 5) is 16.5. The van der Waals surface area contributed by atoms with E-state index in [1.807, 2.05) is 31.2 Å². The Kier molecular flexibility index (Phi) is 5.48. The lowest BCUT2D eigenvalue weighted by Gasteiger charge is -2.12. The van der Waals surface area contributed by atoms with Crippen LogP contribution in [0.5, 0.6) is 0 Å². The molecule has 0 saturated carbocycles. The standard InChI is InChI=1S/C18H20BrN3O2/c1-12-4-5-14(9-16(12)19)22-18(23)17-10-13(6-7-20-17)21-11-15-3-2-8-24-15/h4-7,9-10,15H,2-3,8,11H2,1H3,(H,20,21)(H,22,23). The van der Waals surface area contributed by atoms with Crippen molar-refractivity contribution < 1.29 is 9.53 Å². The van der Waals surface area contributed by atoms with Gasteiger partial charge >= 0.3 is 0 Å². The third-order valence-corrected chi connectivity index (χ3v) is 4.83. The van der Waals surface area contributed by atoms with E-state index in [1.54, 1.807) is 12.3 Å². The second-order valence-corrected chi connectivity index (χ2v) is 6.72. The van der Waals surface area contributed by atoms with E-state index in [9.17, 15) is 4.79 Å². The van der Waals surface area contributed by atoms with Gasteiger partial charge < -0.3 is 15.4 Å². The quantitative estimate of drug-likeness (QED) is 0.810. The van der Waals surface area contributed by atoms with Crippen molar-refractivity contribution in [2.75, 3.05) is 23.8 Å². The number of carbonyl (C=O) groups is 1. The molecule has 3 rings (SSSR count). The van der Waals surface area contributed by atoms with Crippen LogP contribution >= 0.6 is 15.9 Å². The molecule has 1 aromatic carbocycles. The van der Waals surface area contributed by atoms with E-state index in [0.717, 1.165) is 47.4 Å². The fourth-order valence-electron chi connectivity index (χ4n) is 2.57. The van der Waals surface area contributed by atoms with Gasteiger partial charge in [0.15, 0.2) is 0 Å². The number of halogens is 1. The van der Waals surface area contributed by atoms with E-state index in [0.29, 0.717) is 5.69 Å². The molecule has 126 valence electrons. The lowest BCUT2D eigenvalue weighted by Crippen LogP contribution is -2.19. The Morgan fingerprint density at radius 2 is 2.21 bits per heavy atom. The van der Waals surface area contributed by atoms with Crippen molar-refractivity contribution in [2.45, 2.75) is 25.9 Å². The minimum Gasteiger partial charge on any atom is -0.382 e. The Bertz CT molecular complexity index is 730. The van der Waals surface area contributed by atoms with Crippen molar-refractivity contribution in [2.24, 2.45) is 0 Å². The van der Waals surface area contributed by atoms with E-state index >= 15 is 0 Å². The zero-order valence-electron chi connectivity index (χ0n) is 13.5. The highest BCUT2D eigenvalue weighted by molar-refractivity contribution is 9.10. The number of nitrogens with one attached hydrogen (secondary N) is 2. The molecule has 1 fully saturated rings. The molecule has 6 heteroatoms. The average molecular weight is 390 g/mol. The first-order valence-corrected chi connectivity index (χ1v) is 8.80. The molecule has 1 saturated heterocycles. The van der Waals surface area contributed by atoms with Gasteiger partial charge in [-0.25, -0.2) is 0 Å². The van der Waals surface area contributed by atoms with E-state index in [-0.39, 0.29) is 12.0 Å². The first-order valence-electron chi connectivity index (χ1n) is 8.01. The molecule has 1 atom stereocenters. The lowest BCUT2D eigenvalue weighted by atomic mass is 10.2. The summed E-state index contributed by atoms with van der Waals surface area (Å²) in [5.41, 5.74) is 3.10. The number of hydrogen-bond donors (Lipinski definition) is 2. The molecule has 1 amide bonds. The van der Waals surface area contributed by atoms with Crippen LogP contribution in [-0.2, 0) is 4.74 Å². The minimum absolute atomic E-state index is 0.230. The normalized spacial score (nSPS) is 16.8. The molecule has 0 spiro atoms. The van der Waals surface area contributed by atoms with Gasteiger partial charge in [-0.3, -0.25) is 9.78 Å².